The van der Waals surface area contributed by atoms with Crippen molar-refractivity contribution < 1.29 is 9.53 Å². The van der Waals surface area contributed by atoms with Gasteiger partial charge in [0.25, 0.3) is 0 Å². The molecule has 1 rings (SSSR count). The van der Waals surface area contributed by atoms with E-state index in [-0.39, 0.29) is 5.97 Å². The first-order chi connectivity index (χ1) is 7.67. The molecular formula is C12H12BrNO2. The second-order valence-electron chi connectivity index (χ2n) is 3.26. The Hall–Kier alpha value is -1.34. The summed E-state index contributed by atoms with van der Waals surface area (Å²) in [5, 5.41) is 9.61. The van der Waals surface area contributed by atoms with Gasteiger partial charge in [-0.1, -0.05) is 22.9 Å². The SMILES string of the molecule is CCc1cc(C(=O)OC)cc(CBr)c1C#N. The Balaban J connectivity index is 3.38. The number of hydrogen-bond donors (Lipinski definition) is 0. The van der Waals surface area contributed by atoms with Crippen molar-refractivity contribution in [3.05, 3.63) is 34.4 Å². The zero-order chi connectivity index (χ0) is 12.1. The van der Waals surface area contributed by atoms with Gasteiger partial charge < -0.3 is 4.74 Å². The minimum Gasteiger partial charge on any atom is -0.465 e. The van der Waals surface area contributed by atoms with Crippen LogP contribution in [0, 0.1) is 11.3 Å². The summed E-state index contributed by atoms with van der Waals surface area (Å²) >= 11 is 3.31. The van der Waals surface area contributed by atoms with Gasteiger partial charge in [0.15, 0.2) is 0 Å². The van der Waals surface area contributed by atoms with Gasteiger partial charge in [-0.2, -0.15) is 5.26 Å². The zero-order valence-electron chi connectivity index (χ0n) is 9.21. The number of nitrogens with zero attached hydrogens (tertiary/aromatic N) is 1. The summed E-state index contributed by atoms with van der Waals surface area (Å²) in [6.07, 6.45) is 0.716. The van der Waals surface area contributed by atoms with Crippen LogP contribution >= 0.6 is 15.9 Å². The van der Waals surface area contributed by atoms with Crippen LogP contribution in [0.1, 0.15) is 34.0 Å². The summed E-state index contributed by atoms with van der Waals surface area (Å²) in [5.74, 6) is -0.374. The van der Waals surface area contributed by atoms with Gasteiger partial charge in [0.05, 0.1) is 24.3 Å². The molecule has 0 spiro atoms. The van der Waals surface area contributed by atoms with Gasteiger partial charge in [-0.25, -0.2) is 4.79 Å². The van der Waals surface area contributed by atoms with E-state index in [2.05, 4.69) is 26.7 Å². The number of benzene rings is 1. The molecule has 0 fully saturated rings. The first kappa shape index (κ1) is 12.7. The van der Waals surface area contributed by atoms with Crippen LogP contribution in [-0.2, 0) is 16.5 Å². The van der Waals surface area contributed by atoms with Crippen molar-refractivity contribution >= 4 is 21.9 Å². The summed E-state index contributed by atoms with van der Waals surface area (Å²) in [5.41, 5.74) is 2.84. The molecule has 0 aliphatic rings. The van der Waals surface area contributed by atoms with Crippen LogP contribution in [0.4, 0.5) is 0 Å². The van der Waals surface area contributed by atoms with E-state index in [1.165, 1.54) is 7.11 Å². The van der Waals surface area contributed by atoms with E-state index in [0.29, 0.717) is 22.9 Å². The fraction of sp³-hybridized carbons (Fsp3) is 0.333. The van der Waals surface area contributed by atoms with E-state index in [0.717, 1.165) is 11.1 Å². The third-order valence-corrected chi connectivity index (χ3v) is 2.96. The molecule has 0 unspecified atom stereocenters. The molecule has 0 N–H and O–H groups in total. The molecule has 0 amide bonds. The van der Waals surface area contributed by atoms with Crippen LogP contribution in [0.5, 0.6) is 0 Å². The molecule has 0 radical (unpaired) electrons. The lowest BCUT2D eigenvalue weighted by Gasteiger charge is -2.08. The van der Waals surface area contributed by atoms with Gasteiger partial charge >= 0.3 is 5.97 Å². The molecule has 0 saturated heterocycles. The number of ether oxygens (including phenoxy) is 1. The van der Waals surface area contributed by atoms with Crippen LogP contribution < -0.4 is 0 Å². The summed E-state index contributed by atoms with van der Waals surface area (Å²) in [6.45, 7) is 1.95. The van der Waals surface area contributed by atoms with E-state index in [1.807, 2.05) is 6.92 Å². The highest BCUT2D eigenvalue weighted by Gasteiger charge is 2.13. The number of alkyl halides is 1. The van der Waals surface area contributed by atoms with Crippen molar-refractivity contribution in [1.82, 2.24) is 0 Å². The Kier molecular flexibility index (Phi) is 4.51. The maximum Gasteiger partial charge on any atom is 0.337 e. The van der Waals surface area contributed by atoms with Crippen molar-refractivity contribution in [1.29, 1.82) is 5.26 Å². The fourth-order valence-electron chi connectivity index (χ4n) is 1.53. The van der Waals surface area contributed by atoms with Gasteiger partial charge in [0, 0.05) is 5.33 Å². The van der Waals surface area contributed by atoms with Gasteiger partial charge in [0.1, 0.15) is 0 Å². The van der Waals surface area contributed by atoms with Crippen molar-refractivity contribution in [2.75, 3.05) is 7.11 Å². The third kappa shape index (κ3) is 2.42. The first-order valence-corrected chi connectivity index (χ1v) is 6.00. The van der Waals surface area contributed by atoms with Crippen LogP contribution in [0.25, 0.3) is 0 Å². The topological polar surface area (TPSA) is 50.1 Å². The molecule has 0 aliphatic heterocycles. The maximum absolute atomic E-state index is 11.4. The lowest BCUT2D eigenvalue weighted by molar-refractivity contribution is 0.0600. The van der Waals surface area contributed by atoms with Gasteiger partial charge in [-0.15, -0.1) is 0 Å². The Bertz CT molecular complexity index is 424. The maximum atomic E-state index is 11.4. The summed E-state index contributed by atoms with van der Waals surface area (Å²) in [6, 6.07) is 5.58. The molecule has 4 heteroatoms. The predicted molar refractivity (Wildman–Crippen MR) is 64.5 cm³/mol. The third-order valence-electron chi connectivity index (χ3n) is 2.36. The molecule has 0 bridgehead atoms. The van der Waals surface area contributed by atoms with E-state index < -0.39 is 0 Å². The summed E-state index contributed by atoms with van der Waals surface area (Å²) in [7, 11) is 1.35. The van der Waals surface area contributed by atoms with Gasteiger partial charge in [-0.3, -0.25) is 0 Å². The zero-order valence-corrected chi connectivity index (χ0v) is 10.8. The fourth-order valence-corrected chi connectivity index (χ4v) is 1.97. The number of halogens is 1. The minimum absolute atomic E-state index is 0.374. The number of methoxy groups -OCH3 is 1. The Morgan fingerprint density at radius 3 is 2.56 bits per heavy atom. The molecule has 16 heavy (non-hydrogen) atoms. The average Bonchev–Trinajstić information content (AvgIpc) is 2.35. The molecule has 0 heterocycles. The molecular weight excluding hydrogens is 270 g/mol. The number of nitriles is 1. The van der Waals surface area contributed by atoms with Crippen molar-refractivity contribution in [2.45, 2.75) is 18.7 Å². The smallest absolute Gasteiger partial charge is 0.337 e. The number of carbonyl (C=O) groups is 1. The normalized spacial score (nSPS) is 9.62. The van der Waals surface area contributed by atoms with E-state index in [4.69, 9.17) is 5.26 Å². The first-order valence-electron chi connectivity index (χ1n) is 4.88. The number of rotatable bonds is 3. The van der Waals surface area contributed by atoms with Crippen molar-refractivity contribution in [3.63, 3.8) is 0 Å². The average molecular weight is 282 g/mol. The van der Waals surface area contributed by atoms with Gasteiger partial charge in [0.2, 0.25) is 0 Å². The van der Waals surface area contributed by atoms with Gasteiger partial charge in [-0.05, 0) is 29.7 Å². The van der Waals surface area contributed by atoms with Crippen LogP contribution in [0.2, 0.25) is 0 Å². The quantitative estimate of drug-likeness (QED) is 0.632. The van der Waals surface area contributed by atoms with E-state index in [9.17, 15) is 4.79 Å². The van der Waals surface area contributed by atoms with Crippen molar-refractivity contribution in [3.8, 4) is 6.07 Å². The molecule has 3 nitrogen and oxygen atoms in total. The van der Waals surface area contributed by atoms with Crippen molar-refractivity contribution in [2.24, 2.45) is 0 Å². The minimum atomic E-state index is -0.374. The second kappa shape index (κ2) is 5.66. The van der Waals surface area contributed by atoms with Crippen LogP contribution in [0.3, 0.4) is 0 Å². The molecule has 0 saturated carbocycles. The predicted octanol–water partition coefficient (Wildman–Crippen LogP) is 2.80. The molecule has 0 atom stereocenters. The number of hydrogen-bond acceptors (Lipinski definition) is 3. The standard InChI is InChI=1S/C12H12BrNO2/c1-3-8-4-9(12(15)16-2)5-10(6-13)11(8)7-14/h4-5H,3,6H2,1-2H3. The highest BCUT2D eigenvalue weighted by Crippen LogP contribution is 2.20. The van der Waals surface area contributed by atoms with Crippen LogP contribution in [0.15, 0.2) is 12.1 Å². The molecule has 0 aromatic heterocycles. The number of esters is 1. The Morgan fingerprint density at radius 2 is 2.12 bits per heavy atom. The summed E-state index contributed by atoms with van der Waals surface area (Å²) < 4.78 is 4.67. The Labute approximate surface area is 103 Å². The summed E-state index contributed by atoms with van der Waals surface area (Å²) in [4.78, 5) is 11.4. The highest BCUT2D eigenvalue weighted by molar-refractivity contribution is 9.08. The lowest BCUT2D eigenvalue weighted by Crippen LogP contribution is -2.05. The number of carbonyl (C=O) groups excluding carboxylic acids is 1. The van der Waals surface area contributed by atoms with Crippen LogP contribution in [-0.4, -0.2) is 13.1 Å². The second-order valence-corrected chi connectivity index (χ2v) is 3.82. The molecule has 0 aliphatic carbocycles. The molecule has 1 aromatic carbocycles. The molecule has 1 aromatic rings. The highest BCUT2D eigenvalue weighted by atomic mass is 79.9. The molecule has 84 valence electrons. The lowest BCUT2D eigenvalue weighted by atomic mass is 9.97. The largest absolute Gasteiger partial charge is 0.465 e. The number of aryl methyl sites for hydroxylation is 1. The van der Waals surface area contributed by atoms with E-state index in [1.54, 1.807) is 12.1 Å². The Morgan fingerprint density at radius 1 is 1.50 bits per heavy atom. The van der Waals surface area contributed by atoms with E-state index >= 15 is 0 Å². The monoisotopic (exact) mass is 281 g/mol.